The second-order valence-electron chi connectivity index (χ2n) is 9.86. The lowest BCUT2D eigenvalue weighted by molar-refractivity contribution is -0.124. The summed E-state index contributed by atoms with van der Waals surface area (Å²) in [5.41, 5.74) is 4.11. The summed E-state index contributed by atoms with van der Waals surface area (Å²) in [6.07, 6.45) is 7.98. The van der Waals surface area contributed by atoms with E-state index in [1.54, 1.807) is 20.4 Å². The number of nitrogens with one attached hydrogen (secondary N) is 1. The lowest BCUT2D eigenvalue weighted by Crippen LogP contribution is -2.38. The maximum absolute atomic E-state index is 13.9. The van der Waals surface area contributed by atoms with Crippen LogP contribution in [0.3, 0.4) is 0 Å². The summed E-state index contributed by atoms with van der Waals surface area (Å²) in [5, 5.41) is 3.50. The number of rotatable bonds is 5. The molecule has 3 aliphatic rings. The topological polar surface area (TPSA) is 66.9 Å². The van der Waals surface area contributed by atoms with Crippen LogP contribution in [0.15, 0.2) is 36.5 Å². The summed E-state index contributed by atoms with van der Waals surface area (Å²) in [5.74, 6) is 1.70. The number of anilines is 4. The van der Waals surface area contributed by atoms with Crippen LogP contribution in [0.2, 0.25) is 0 Å². The Hall–Kier alpha value is -2.64. The van der Waals surface area contributed by atoms with Crippen LogP contribution < -0.4 is 15.1 Å². The number of ether oxygens (including phenoxy) is 2. The molecule has 7 heteroatoms. The number of benzene rings is 1. The van der Waals surface area contributed by atoms with Crippen molar-refractivity contribution in [2.24, 2.45) is 11.8 Å². The average molecular weight is 465 g/mol. The molecule has 0 atom stereocenters. The molecule has 0 unspecified atom stereocenters. The quantitative estimate of drug-likeness (QED) is 0.690. The van der Waals surface area contributed by atoms with Crippen molar-refractivity contribution >= 4 is 28.8 Å². The van der Waals surface area contributed by atoms with E-state index >= 15 is 0 Å². The fraction of sp³-hybridized carbons (Fsp3) is 0.556. The number of carbonyl (C=O) groups excluding carboxylic acids is 1. The van der Waals surface area contributed by atoms with Gasteiger partial charge in [-0.1, -0.05) is 6.07 Å². The SMILES string of the molecule is COCC1CCN(c2ccc3c(c2)N(C(=O)C2CCC(OC)CC2)Cc2cccnc2N3)CC1. The highest BCUT2D eigenvalue weighted by Gasteiger charge is 2.33. The van der Waals surface area contributed by atoms with E-state index in [-0.39, 0.29) is 17.9 Å². The fourth-order valence-corrected chi connectivity index (χ4v) is 5.66. The number of aromatic nitrogens is 1. The molecule has 1 saturated heterocycles. The van der Waals surface area contributed by atoms with Gasteiger partial charge in [-0.15, -0.1) is 0 Å². The van der Waals surface area contributed by atoms with Crippen molar-refractivity contribution in [1.82, 2.24) is 4.98 Å². The van der Waals surface area contributed by atoms with E-state index in [4.69, 9.17) is 9.47 Å². The number of nitrogens with zero attached hydrogens (tertiary/aromatic N) is 3. The van der Waals surface area contributed by atoms with Gasteiger partial charge in [0.15, 0.2) is 0 Å². The van der Waals surface area contributed by atoms with Gasteiger partial charge < -0.3 is 24.6 Å². The fourth-order valence-electron chi connectivity index (χ4n) is 5.66. The van der Waals surface area contributed by atoms with E-state index in [2.05, 4.69) is 39.5 Å². The van der Waals surface area contributed by atoms with Crippen LogP contribution >= 0.6 is 0 Å². The molecule has 2 aromatic rings. The Balaban J connectivity index is 1.43. The summed E-state index contributed by atoms with van der Waals surface area (Å²) in [6.45, 7) is 3.39. The van der Waals surface area contributed by atoms with Crippen LogP contribution in [0.25, 0.3) is 0 Å². The van der Waals surface area contributed by atoms with Gasteiger partial charge in [0, 0.05) is 57.3 Å². The molecule has 2 fully saturated rings. The smallest absolute Gasteiger partial charge is 0.230 e. The first-order valence-corrected chi connectivity index (χ1v) is 12.6. The van der Waals surface area contributed by atoms with Gasteiger partial charge >= 0.3 is 0 Å². The third kappa shape index (κ3) is 4.77. The Bertz CT molecular complexity index is 997. The van der Waals surface area contributed by atoms with E-state index in [0.717, 1.165) is 81.0 Å². The van der Waals surface area contributed by atoms with Crippen LogP contribution in [-0.2, 0) is 20.8 Å². The van der Waals surface area contributed by atoms with Crippen molar-refractivity contribution in [1.29, 1.82) is 0 Å². The van der Waals surface area contributed by atoms with Gasteiger partial charge in [0.2, 0.25) is 5.91 Å². The van der Waals surface area contributed by atoms with Crippen molar-refractivity contribution in [2.45, 2.75) is 51.2 Å². The first-order valence-electron chi connectivity index (χ1n) is 12.6. The van der Waals surface area contributed by atoms with E-state index in [1.165, 1.54) is 5.69 Å². The molecule has 34 heavy (non-hydrogen) atoms. The number of piperidine rings is 1. The molecular weight excluding hydrogens is 428 g/mol. The highest BCUT2D eigenvalue weighted by molar-refractivity contribution is 6.00. The van der Waals surface area contributed by atoms with Gasteiger partial charge in [-0.25, -0.2) is 4.98 Å². The number of hydrogen-bond donors (Lipinski definition) is 1. The molecule has 1 aromatic heterocycles. The molecule has 3 heterocycles. The monoisotopic (exact) mass is 464 g/mol. The molecule has 1 aromatic carbocycles. The first-order chi connectivity index (χ1) is 16.7. The second kappa shape index (κ2) is 10.3. The Morgan fingerprint density at radius 3 is 2.62 bits per heavy atom. The molecule has 182 valence electrons. The van der Waals surface area contributed by atoms with Crippen LogP contribution in [-0.4, -0.2) is 50.9 Å². The third-order valence-corrected chi connectivity index (χ3v) is 7.75. The normalized spacial score (nSPS) is 23.0. The average Bonchev–Trinajstić information content (AvgIpc) is 3.05. The zero-order valence-electron chi connectivity index (χ0n) is 20.3. The molecular formula is C27H36N4O3. The van der Waals surface area contributed by atoms with Crippen molar-refractivity contribution in [3.8, 4) is 0 Å². The number of pyridine rings is 1. The zero-order valence-corrected chi connectivity index (χ0v) is 20.3. The first kappa shape index (κ1) is 23.1. The highest BCUT2D eigenvalue weighted by atomic mass is 16.5. The van der Waals surface area contributed by atoms with Gasteiger partial charge in [-0.3, -0.25) is 4.79 Å². The Morgan fingerprint density at radius 1 is 1.09 bits per heavy atom. The molecule has 1 N–H and O–H groups in total. The number of fused-ring (bicyclic) bond motifs is 2. The standard InChI is InChI=1S/C27H36N4O3/c1-33-18-19-11-14-30(15-12-19)22-7-10-24-25(16-22)31(17-21-4-3-13-28-26(21)29-24)27(32)20-5-8-23(34-2)9-6-20/h3-4,7,10,13,16,19-20,23H,5-6,8-9,11-12,14-15,17-18H2,1-2H3,(H,28,29). The van der Waals surface area contributed by atoms with Crippen LogP contribution in [0.5, 0.6) is 0 Å². The Labute approximate surface area is 202 Å². The lowest BCUT2D eigenvalue weighted by Gasteiger charge is -2.35. The summed E-state index contributed by atoms with van der Waals surface area (Å²) in [4.78, 5) is 22.9. The minimum atomic E-state index is 0.0333. The van der Waals surface area contributed by atoms with Gasteiger partial charge in [0.1, 0.15) is 5.82 Å². The van der Waals surface area contributed by atoms with Gasteiger partial charge in [-0.2, -0.15) is 0 Å². The number of amides is 1. The van der Waals surface area contributed by atoms with Crippen molar-refractivity contribution in [3.63, 3.8) is 0 Å². The van der Waals surface area contributed by atoms with E-state index in [1.807, 2.05) is 11.0 Å². The van der Waals surface area contributed by atoms with Gasteiger partial charge in [0.05, 0.1) is 24.0 Å². The lowest BCUT2D eigenvalue weighted by atomic mass is 9.86. The molecule has 7 nitrogen and oxygen atoms in total. The molecule has 1 amide bonds. The molecule has 0 radical (unpaired) electrons. The van der Waals surface area contributed by atoms with Gasteiger partial charge in [0.25, 0.3) is 0 Å². The van der Waals surface area contributed by atoms with Crippen LogP contribution in [0, 0.1) is 11.8 Å². The largest absolute Gasteiger partial charge is 0.384 e. The summed E-state index contributed by atoms with van der Waals surface area (Å²) in [7, 11) is 3.55. The van der Waals surface area contributed by atoms with Gasteiger partial charge in [-0.05, 0) is 68.7 Å². The molecule has 5 rings (SSSR count). The predicted molar refractivity (Wildman–Crippen MR) is 135 cm³/mol. The maximum Gasteiger partial charge on any atom is 0.230 e. The molecule has 0 spiro atoms. The van der Waals surface area contributed by atoms with Crippen molar-refractivity contribution < 1.29 is 14.3 Å². The Kier molecular flexibility index (Phi) is 7.02. The van der Waals surface area contributed by atoms with Crippen molar-refractivity contribution in [2.75, 3.05) is 49.0 Å². The molecule has 0 bridgehead atoms. The second-order valence-corrected chi connectivity index (χ2v) is 9.86. The van der Waals surface area contributed by atoms with Crippen molar-refractivity contribution in [3.05, 3.63) is 42.1 Å². The van der Waals surface area contributed by atoms with Crippen LogP contribution in [0.4, 0.5) is 22.9 Å². The summed E-state index contributed by atoms with van der Waals surface area (Å²) in [6, 6.07) is 10.5. The number of methoxy groups -OCH3 is 2. The summed E-state index contributed by atoms with van der Waals surface area (Å²) < 4.78 is 10.9. The molecule has 1 aliphatic carbocycles. The minimum absolute atomic E-state index is 0.0333. The molecule has 2 aliphatic heterocycles. The van der Waals surface area contributed by atoms with E-state index in [9.17, 15) is 4.79 Å². The molecule has 1 saturated carbocycles. The Morgan fingerprint density at radius 2 is 1.88 bits per heavy atom. The maximum atomic E-state index is 13.9. The number of carbonyl (C=O) groups is 1. The predicted octanol–water partition coefficient (Wildman–Crippen LogP) is 4.74. The zero-order chi connectivity index (χ0) is 23.5. The highest BCUT2D eigenvalue weighted by Crippen LogP contribution is 2.40. The van der Waals surface area contributed by atoms with E-state index < -0.39 is 0 Å². The summed E-state index contributed by atoms with van der Waals surface area (Å²) >= 11 is 0. The minimum Gasteiger partial charge on any atom is -0.384 e. The van der Waals surface area contributed by atoms with E-state index in [0.29, 0.717) is 12.5 Å². The third-order valence-electron chi connectivity index (χ3n) is 7.75. The van der Waals surface area contributed by atoms with Crippen LogP contribution in [0.1, 0.15) is 44.1 Å². The number of hydrogen-bond acceptors (Lipinski definition) is 6.